The molecule has 1 unspecified atom stereocenters. The maximum atomic E-state index is 13.3. The molecule has 5 amide bonds. The number of methoxy groups -OCH3 is 1. The first-order valence-corrected chi connectivity index (χ1v) is 20.9. The molecule has 3 aromatic carbocycles. The lowest BCUT2D eigenvalue weighted by atomic mass is 10.0. The maximum Gasteiger partial charge on any atom is 0.255 e. The lowest BCUT2D eigenvalue weighted by molar-refractivity contribution is -0.137. The molecule has 0 aliphatic carbocycles. The maximum absolute atomic E-state index is 13.3. The van der Waals surface area contributed by atoms with Gasteiger partial charge in [-0.2, -0.15) is 0 Å². The quantitative estimate of drug-likeness (QED) is 0.0748. The van der Waals surface area contributed by atoms with Gasteiger partial charge in [0, 0.05) is 84.8 Å². The van der Waals surface area contributed by atoms with Gasteiger partial charge >= 0.3 is 0 Å². The molecule has 3 N–H and O–H groups in total. The van der Waals surface area contributed by atoms with Crippen LogP contribution >= 0.6 is 28.3 Å². The molecule has 0 spiro atoms. The van der Waals surface area contributed by atoms with Crippen LogP contribution in [0.4, 0.5) is 17.2 Å². The van der Waals surface area contributed by atoms with Crippen molar-refractivity contribution in [3.8, 4) is 5.75 Å². The average molecular weight is 916 g/mol. The van der Waals surface area contributed by atoms with Gasteiger partial charge in [-0.25, -0.2) is 9.97 Å². The van der Waals surface area contributed by atoms with Gasteiger partial charge in [-0.1, -0.05) is 53.2 Å². The van der Waals surface area contributed by atoms with Crippen LogP contribution in [0.1, 0.15) is 88.7 Å². The normalized spacial score (nSPS) is 17.1. The van der Waals surface area contributed by atoms with Crippen LogP contribution in [-0.4, -0.2) is 89.5 Å². The van der Waals surface area contributed by atoms with E-state index in [2.05, 4.69) is 41.8 Å². The van der Waals surface area contributed by atoms with Crippen LogP contribution in [0.15, 0.2) is 71.3 Å². The number of ether oxygens (including phenoxy) is 1. The zero-order valence-electron chi connectivity index (χ0n) is 34.2. The molecule has 61 heavy (non-hydrogen) atoms. The van der Waals surface area contributed by atoms with E-state index >= 15 is 0 Å². The van der Waals surface area contributed by atoms with E-state index in [9.17, 15) is 28.8 Å². The summed E-state index contributed by atoms with van der Waals surface area (Å²) < 4.78 is 6.70. The zero-order valence-corrected chi connectivity index (χ0v) is 36.6. The van der Waals surface area contributed by atoms with E-state index in [0.29, 0.717) is 90.8 Å². The Labute approximate surface area is 368 Å². The number of Topliss-reactive ketones (excluding diaryl/α,β-unsaturated/α-hetero) is 1. The highest BCUT2D eigenvalue weighted by Gasteiger charge is 2.40. The van der Waals surface area contributed by atoms with Crippen molar-refractivity contribution in [2.24, 2.45) is 0 Å². The second-order valence-electron chi connectivity index (χ2n) is 15.1. The number of benzene rings is 3. The van der Waals surface area contributed by atoms with Crippen molar-refractivity contribution in [1.29, 1.82) is 0 Å². The van der Waals surface area contributed by atoms with Crippen LogP contribution in [0.25, 0.3) is 0 Å². The van der Waals surface area contributed by atoms with E-state index in [4.69, 9.17) is 9.72 Å². The smallest absolute Gasteiger partial charge is 0.255 e. The first kappa shape index (κ1) is 44.8. The third kappa shape index (κ3) is 9.93. The first-order valence-electron chi connectivity index (χ1n) is 20.1. The summed E-state index contributed by atoms with van der Waals surface area (Å²) in [7, 11) is 3.32. The van der Waals surface area contributed by atoms with Crippen molar-refractivity contribution >= 4 is 80.8 Å². The van der Waals surface area contributed by atoms with Crippen molar-refractivity contribution in [1.82, 2.24) is 25.5 Å². The molecule has 3 aliphatic heterocycles. The zero-order chi connectivity index (χ0) is 42.5. The number of halogens is 2. The molecule has 7 rings (SSSR count). The van der Waals surface area contributed by atoms with Gasteiger partial charge in [-0.05, 0) is 61.7 Å². The van der Waals surface area contributed by atoms with Gasteiger partial charge in [-0.15, -0.1) is 12.4 Å². The molecule has 3 aliphatic rings. The lowest BCUT2D eigenvalue weighted by Crippen LogP contribution is -2.52. The highest BCUT2D eigenvalue weighted by Crippen LogP contribution is 2.36. The van der Waals surface area contributed by atoms with Crippen molar-refractivity contribution in [2.45, 2.75) is 77.0 Å². The van der Waals surface area contributed by atoms with Gasteiger partial charge in [0.25, 0.3) is 5.91 Å². The number of rotatable bonds is 16. The van der Waals surface area contributed by atoms with Crippen molar-refractivity contribution in [3.63, 3.8) is 0 Å². The fourth-order valence-electron chi connectivity index (χ4n) is 7.92. The van der Waals surface area contributed by atoms with E-state index < -0.39 is 11.9 Å². The summed E-state index contributed by atoms with van der Waals surface area (Å²) in [5.74, 6) is 0.371. The van der Waals surface area contributed by atoms with Gasteiger partial charge in [0.2, 0.25) is 23.6 Å². The molecule has 15 nitrogen and oxygen atoms in total. The summed E-state index contributed by atoms with van der Waals surface area (Å²) in [6.45, 7) is 3.58. The number of nitrogens with zero attached hydrogens (tertiary/aromatic N) is 5. The van der Waals surface area contributed by atoms with Crippen LogP contribution < -0.4 is 30.5 Å². The number of likely N-dealkylation sites (N-methyl/N-ethyl adjacent to an activating group) is 1. The van der Waals surface area contributed by atoms with Crippen LogP contribution in [0.5, 0.6) is 5.75 Å². The van der Waals surface area contributed by atoms with Gasteiger partial charge in [-0.3, -0.25) is 34.1 Å². The van der Waals surface area contributed by atoms with E-state index in [1.54, 1.807) is 55.6 Å². The Hall–Kier alpha value is -5.71. The van der Waals surface area contributed by atoms with Gasteiger partial charge < -0.3 is 30.1 Å². The van der Waals surface area contributed by atoms with Crippen molar-refractivity contribution in [2.75, 3.05) is 42.4 Å². The molecule has 2 atom stereocenters. The standard InChI is InChI=1S/C44H47BrN8O7.ClH/c1-4-33-44(59)51(2)35-23-47-38(49-41(35)52(33)24-26-10-14-29(45)15-11-26)22-28-13-12-27(21-37(28)60-3)36(54)9-6-19-46-20-18-40(56)48-32-8-5-7-30-31(32)25-53(43(30)58)34-16-17-39(55)50-42(34)57;/h5,7-8,10-15,21,23,33-34,46H,4,6,9,16-20,22,24-25H2,1-3H3,(H,48,56)(H,50,55,57);1H/t33-,34?;/m1./s1. The summed E-state index contributed by atoms with van der Waals surface area (Å²) >= 11 is 3.50. The number of anilines is 3. The first-order chi connectivity index (χ1) is 28.9. The highest BCUT2D eigenvalue weighted by atomic mass is 79.9. The number of hydrogen-bond donors (Lipinski definition) is 3. The fourth-order valence-corrected chi connectivity index (χ4v) is 8.18. The fraction of sp³-hybridized carbons (Fsp3) is 0.364. The summed E-state index contributed by atoms with van der Waals surface area (Å²) in [6, 6.07) is 17.4. The highest BCUT2D eigenvalue weighted by molar-refractivity contribution is 9.10. The minimum atomic E-state index is -0.738. The summed E-state index contributed by atoms with van der Waals surface area (Å²) in [5, 5.41) is 8.42. The second-order valence-corrected chi connectivity index (χ2v) is 16.0. The van der Waals surface area contributed by atoms with Crippen molar-refractivity contribution < 1.29 is 33.5 Å². The van der Waals surface area contributed by atoms with Crippen LogP contribution in [0, 0.1) is 0 Å². The van der Waals surface area contributed by atoms with Crippen LogP contribution in [-0.2, 0) is 38.7 Å². The number of nitrogens with one attached hydrogen (secondary N) is 3. The number of carbonyl (C=O) groups is 6. The third-order valence-electron chi connectivity index (χ3n) is 11.2. The largest absolute Gasteiger partial charge is 0.496 e. The minimum Gasteiger partial charge on any atom is -0.496 e. The average Bonchev–Trinajstić information content (AvgIpc) is 3.58. The molecule has 17 heteroatoms. The summed E-state index contributed by atoms with van der Waals surface area (Å²) in [6.07, 6.45) is 4.11. The Balaban J connectivity index is 0.00000622. The molecular weight excluding hydrogens is 868 g/mol. The van der Waals surface area contributed by atoms with Gasteiger partial charge in [0.1, 0.15) is 29.3 Å². The SMILES string of the molecule is CC[C@@H]1C(=O)N(C)c2cnc(Cc3ccc(C(=O)CCCNCCC(=O)Nc4cccc5c4CN(C4CCC(=O)NC4=O)C5=O)cc3OC)nc2N1Cc1ccc(Br)cc1.Cl. The van der Waals surface area contributed by atoms with Crippen molar-refractivity contribution in [3.05, 3.63) is 105 Å². The molecule has 0 saturated carbocycles. The Morgan fingerprint density at radius 1 is 1.02 bits per heavy atom. The van der Waals surface area contributed by atoms with Gasteiger partial charge in [0.15, 0.2) is 11.6 Å². The van der Waals surface area contributed by atoms with Crippen LogP contribution in [0.2, 0.25) is 0 Å². The monoisotopic (exact) mass is 914 g/mol. The van der Waals surface area contributed by atoms with Crippen LogP contribution in [0.3, 0.4) is 0 Å². The Morgan fingerprint density at radius 3 is 2.54 bits per heavy atom. The molecule has 1 aromatic heterocycles. The molecule has 4 heterocycles. The molecule has 0 radical (unpaired) electrons. The molecule has 4 aromatic rings. The number of piperidine rings is 1. The molecular formula is C44H48BrClN8O7. The molecule has 0 bridgehead atoms. The van der Waals surface area contributed by atoms with E-state index in [1.807, 2.05) is 37.3 Å². The number of hydrogen-bond acceptors (Lipinski definition) is 11. The van der Waals surface area contributed by atoms with E-state index in [0.717, 1.165) is 15.6 Å². The predicted octanol–water partition coefficient (Wildman–Crippen LogP) is 5.36. The van der Waals surface area contributed by atoms with E-state index in [-0.39, 0.29) is 73.7 Å². The third-order valence-corrected chi connectivity index (χ3v) is 11.7. The Kier molecular flexibility index (Phi) is 14.5. The Morgan fingerprint density at radius 2 is 1.80 bits per heavy atom. The number of fused-ring (bicyclic) bond motifs is 2. The van der Waals surface area contributed by atoms with Gasteiger partial charge in [0.05, 0.1) is 13.3 Å². The minimum absolute atomic E-state index is 0. The number of amides is 5. The topological polar surface area (TPSA) is 183 Å². The number of ketones is 1. The molecule has 1 fully saturated rings. The number of carbonyl (C=O) groups excluding carboxylic acids is 6. The Bertz CT molecular complexity index is 2350. The molecule has 1 saturated heterocycles. The molecule has 320 valence electrons. The second kappa shape index (κ2) is 19.8. The lowest BCUT2D eigenvalue weighted by Gasteiger charge is -2.40. The number of imide groups is 1. The predicted molar refractivity (Wildman–Crippen MR) is 235 cm³/mol. The summed E-state index contributed by atoms with van der Waals surface area (Å²) in [5.41, 5.74) is 4.62. The van der Waals surface area contributed by atoms with E-state index in [1.165, 1.54) is 4.90 Å². The number of aromatic nitrogens is 2. The summed E-state index contributed by atoms with van der Waals surface area (Å²) in [4.78, 5) is 91.3.